The van der Waals surface area contributed by atoms with Crippen molar-refractivity contribution >= 4 is 23.5 Å². The third kappa shape index (κ3) is 5.15. The van der Waals surface area contributed by atoms with Crippen molar-refractivity contribution in [3.8, 4) is 0 Å². The minimum Gasteiger partial charge on any atom is -0.452 e. The number of amides is 2. The topological polar surface area (TPSA) is 105 Å². The van der Waals surface area contributed by atoms with Gasteiger partial charge in [0, 0.05) is 6.04 Å². The van der Waals surface area contributed by atoms with Gasteiger partial charge in [0.1, 0.15) is 0 Å². The zero-order chi connectivity index (χ0) is 19.2. The van der Waals surface area contributed by atoms with Crippen LogP contribution in [0.2, 0.25) is 0 Å². The van der Waals surface area contributed by atoms with Crippen LogP contribution < -0.4 is 10.6 Å². The summed E-state index contributed by atoms with van der Waals surface area (Å²) in [4.78, 5) is 36.3. The van der Waals surface area contributed by atoms with E-state index in [-0.39, 0.29) is 24.1 Å². The molecule has 7 heteroatoms. The Morgan fingerprint density at radius 3 is 2.41 bits per heavy atom. The molecule has 0 saturated heterocycles. The van der Waals surface area contributed by atoms with Gasteiger partial charge < -0.3 is 20.5 Å². The monoisotopic (exact) mass is 368 g/mol. The van der Waals surface area contributed by atoms with Gasteiger partial charge in [-0.05, 0) is 42.7 Å². The lowest BCUT2D eigenvalue weighted by Crippen LogP contribution is -2.28. The van der Waals surface area contributed by atoms with Crippen molar-refractivity contribution in [3.63, 3.8) is 0 Å². The van der Waals surface area contributed by atoms with Gasteiger partial charge in [-0.15, -0.1) is 0 Å². The number of nitrogens with one attached hydrogen (secondary N) is 2. The highest BCUT2D eigenvalue weighted by atomic mass is 16.5. The van der Waals surface area contributed by atoms with Crippen LogP contribution in [-0.2, 0) is 16.1 Å². The van der Waals surface area contributed by atoms with Crippen LogP contribution in [0.15, 0.2) is 48.5 Å². The van der Waals surface area contributed by atoms with E-state index < -0.39 is 18.5 Å². The Labute approximate surface area is 156 Å². The Morgan fingerprint density at radius 2 is 1.74 bits per heavy atom. The predicted octanol–water partition coefficient (Wildman–Crippen LogP) is 1.87. The zero-order valence-corrected chi connectivity index (χ0v) is 14.6. The molecule has 1 aliphatic carbocycles. The quantitative estimate of drug-likeness (QED) is 0.647. The summed E-state index contributed by atoms with van der Waals surface area (Å²) in [6, 6.07) is 13.1. The Bertz CT molecular complexity index is 844. The van der Waals surface area contributed by atoms with Crippen LogP contribution in [0.25, 0.3) is 0 Å². The standard InChI is InChI=1S/C20H20N2O5/c23-11-13-5-7-14(8-6-13)20(26)27-12-18(24)22-17-4-2-1-3-16(17)19(25)21-15-9-10-15/h1-8,15,23H,9-12H2,(H,21,25)(H,22,24). The molecule has 0 aliphatic heterocycles. The fourth-order valence-corrected chi connectivity index (χ4v) is 2.43. The summed E-state index contributed by atoms with van der Waals surface area (Å²) in [5.41, 5.74) is 1.68. The largest absolute Gasteiger partial charge is 0.452 e. The number of carbonyl (C=O) groups excluding carboxylic acids is 3. The first kappa shape index (κ1) is 18.6. The van der Waals surface area contributed by atoms with E-state index >= 15 is 0 Å². The molecule has 0 radical (unpaired) electrons. The lowest BCUT2D eigenvalue weighted by molar-refractivity contribution is -0.119. The summed E-state index contributed by atoms with van der Waals surface area (Å²) in [6.07, 6.45) is 1.94. The molecule has 2 aromatic carbocycles. The average Bonchev–Trinajstić information content (AvgIpc) is 3.50. The number of rotatable bonds is 7. The minimum atomic E-state index is -0.644. The molecule has 0 spiro atoms. The van der Waals surface area contributed by atoms with Crippen molar-refractivity contribution in [2.75, 3.05) is 11.9 Å². The first-order valence-corrected chi connectivity index (χ1v) is 8.63. The summed E-state index contributed by atoms with van der Waals surface area (Å²) in [6.45, 7) is -0.593. The van der Waals surface area contributed by atoms with Gasteiger partial charge in [0.05, 0.1) is 23.4 Å². The zero-order valence-electron chi connectivity index (χ0n) is 14.6. The first-order valence-electron chi connectivity index (χ1n) is 8.63. The van der Waals surface area contributed by atoms with Gasteiger partial charge in [-0.2, -0.15) is 0 Å². The SMILES string of the molecule is O=C(COC(=O)c1ccc(CO)cc1)Nc1ccccc1C(=O)NC1CC1. The molecule has 0 bridgehead atoms. The molecule has 1 saturated carbocycles. The van der Waals surface area contributed by atoms with Crippen LogP contribution in [-0.4, -0.2) is 35.5 Å². The fraction of sp³-hybridized carbons (Fsp3) is 0.250. The lowest BCUT2D eigenvalue weighted by Gasteiger charge is -2.11. The molecule has 0 atom stereocenters. The number of aliphatic hydroxyl groups excluding tert-OH is 1. The third-order valence-corrected chi connectivity index (χ3v) is 4.06. The number of esters is 1. The maximum atomic E-state index is 12.2. The van der Waals surface area contributed by atoms with Crippen molar-refractivity contribution in [1.29, 1.82) is 0 Å². The van der Waals surface area contributed by atoms with Crippen LogP contribution in [0.5, 0.6) is 0 Å². The van der Waals surface area contributed by atoms with E-state index in [1.54, 1.807) is 36.4 Å². The summed E-state index contributed by atoms with van der Waals surface area (Å²) in [7, 11) is 0. The van der Waals surface area contributed by atoms with Crippen molar-refractivity contribution in [3.05, 3.63) is 65.2 Å². The number of anilines is 1. The summed E-state index contributed by atoms with van der Waals surface area (Å²) in [5.74, 6) is -1.43. The van der Waals surface area contributed by atoms with Crippen LogP contribution in [0, 0.1) is 0 Å². The molecular formula is C20H20N2O5. The molecule has 0 unspecified atom stereocenters. The Balaban J connectivity index is 1.55. The highest BCUT2D eigenvalue weighted by molar-refractivity contribution is 6.04. The molecular weight excluding hydrogens is 348 g/mol. The molecule has 3 rings (SSSR count). The Morgan fingerprint density at radius 1 is 1.04 bits per heavy atom. The fourth-order valence-electron chi connectivity index (χ4n) is 2.43. The lowest BCUT2D eigenvalue weighted by atomic mass is 10.1. The molecule has 140 valence electrons. The predicted molar refractivity (Wildman–Crippen MR) is 98.2 cm³/mol. The molecule has 0 aromatic heterocycles. The van der Waals surface area contributed by atoms with Crippen LogP contribution in [0.4, 0.5) is 5.69 Å². The van der Waals surface area contributed by atoms with E-state index in [4.69, 9.17) is 9.84 Å². The second-order valence-corrected chi connectivity index (χ2v) is 6.27. The molecule has 7 nitrogen and oxygen atoms in total. The Kier molecular flexibility index (Phi) is 5.83. The van der Waals surface area contributed by atoms with Crippen molar-refractivity contribution < 1.29 is 24.2 Å². The van der Waals surface area contributed by atoms with Gasteiger partial charge in [0.25, 0.3) is 11.8 Å². The van der Waals surface area contributed by atoms with E-state index in [2.05, 4.69) is 10.6 Å². The number of ether oxygens (including phenoxy) is 1. The molecule has 2 aromatic rings. The van der Waals surface area contributed by atoms with Gasteiger partial charge in [-0.1, -0.05) is 24.3 Å². The van der Waals surface area contributed by atoms with Gasteiger partial charge in [-0.25, -0.2) is 4.79 Å². The van der Waals surface area contributed by atoms with Gasteiger partial charge in [0.2, 0.25) is 0 Å². The Hall–Kier alpha value is -3.19. The first-order chi connectivity index (χ1) is 13.1. The van der Waals surface area contributed by atoms with E-state index in [0.717, 1.165) is 12.8 Å². The van der Waals surface area contributed by atoms with E-state index in [0.29, 0.717) is 16.8 Å². The van der Waals surface area contributed by atoms with Crippen molar-refractivity contribution in [2.24, 2.45) is 0 Å². The van der Waals surface area contributed by atoms with Crippen LogP contribution >= 0.6 is 0 Å². The third-order valence-electron chi connectivity index (χ3n) is 4.06. The number of benzene rings is 2. The van der Waals surface area contributed by atoms with Gasteiger partial charge in [-0.3, -0.25) is 9.59 Å². The highest BCUT2D eigenvalue weighted by Gasteiger charge is 2.25. The average molecular weight is 368 g/mol. The van der Waals surface area contributed by atoms with Crippen LogP contribution in [0.3, 0.4) is 0 Å². The number of carbonyl (C=O) groups is 3. The van der Waals surface area contributed by atoms with Crippen molar-refractivity contribution in [2.45, 2.75) is 25.5 Å². The molecule has 2 amide bonds. The molecule has 1 fully saturated rings. The second-order valence-electron chi connectivity index (χ2n) is 6.27. The molecule has 3 N–H and O–H groups in total. The number of aliphatic hydroxyl groups is 1. The smallest absolute Gasteiger partial charge is 0.338 e. The van der Waals surface area contributed by atoms with Gasteiger partial charge >= 0.3 is 5.97 Å². The summed E-state index contributed by atoms with van der Waals surface area (Å²) < 4.78 is 5.00. The summed E-state index contributed by atoms with van der Waals surface area (Å²) in [5, 5.41) is 14.5. The van der Waals surface area contributed by atoms with Crippen LogP contribution in [0.1, 0.15) is 39.1 Å². The normalized spacial score (nSPS) is 12.9. The number of hydrogen-bond donors (Lipinski definition) is 3. The maximum absolute atomic E-state index is 12.2. The molecule has 0 heterocycles. The second kappa shape index (κ2) is 8.46. The minimum absolute atomic E-state index is 0.120. The van der Waals surface area contributed by atoms with Crippen molar-refractivity contribution in [1.82, 2.24) is 5.32 Å². The highest BCUT2D eigenvalue weighted by Crippen LogP contribution is 2.21. The summed E-state index contributed by atoms with van der Waals surface area (Å²) >= 11 is 0. The molecule has 1 aliphatic rings. The molecule has 27 heavy (non-hydrogen) atoms. The number of hydrogen-bond acceptors (Lipinski definition) is 5. The van der Waals surface area contributed by atoms with E-state index in [9.17, 15) is 14.4 Å². The van der Waals surface area contributed by atoms with E-state index in [1.165, 1.54) is 12.1 Å². The number of para-hydroxylation sites is 1. The van der Waals surface area contributed by atoms with Gasteiger partial charge in [0.15, 0.2) is 6.61 Å². The maximum Gasteiger partial charge on any atom is 0.338 e. The van der Waals surface area contributed by atoms with E-state index in [1.807, 2.05) is 0 Å².